The van der Waals surface area contributed by atoms with E-state index in [9.17, 15) is 19.8 Å². The number of carbonyl (C=O) groups is 2. The molecule has 1 amide bonds. The second-order valence-corrected chi connectivity index (χ2v) is 26.3. The van der Waals surface area contributed by atoms with E-state index in [1.807, 2.05) is 6.08 Å². The Balaban J connectivity index is 3.40. The molecule has 0 saturated carbocycles. The van der Waals surface area contributed by atoms with Crippen molar-refractivity contribution in [3.05, 3.63) is 48.6 Å². The summed E-state index contributed by atoms with van der Waals surface area (Å²) >= 11 is 0. The van der Waals surface area contributed by atoms with Gasteiger partial charge in [-0.2, -0.15) is 0 Å². The number of unbranched alkanes of at least 4 members (excludes halogenated alkanes) is 55. The number of nitrogens with one attached hydrogen (secondary N) is 1. The number of rotatable bonds is 72. The highest BCUT2D eigenvalue weighted by Crippen LogP contribution is 2.19. The average molecular weight is 1190 g/mol. The maximum absolute atomic E-state index is 12.5. The Morgan fingerprint density at radius 3 is 0.929 bits per heavy atom. The van der Waals surface area contributed by atoms with Crippen LogP contribution in [0.2, 0.25) is 0 Å². The topological polar surface area (TPSA) is 95.9 Å². The Hall–Kier alpha value is -2.18. The number of amides is 1. The summed E-state index contributed by atoms with van der Waals surface area (Å²) in [6, 6.07) is -0.628. The van der Waals surface area contributed by atoms with Crippen molar-refractivity contribution in [1.82, 2.24) is 5.32 Å². The molecule has 0 spiro atoms. The molecule has 0 bridgehead atoms. The smallest absolute Gasteiger partial charge is 0.305 e. The van der Waals surface area contributed by atoms with Gasteiger partial charge in [0.1, 0.15) is 0 Å². The van der Waals surface area contributed by atoms with Crippen LogP contribution in [-0.4, -0.2) is 47.4 Å². The third-order valence-corrected chi connectivity index (χ3v) is 17.8. The fourth-order valence-corrected chi connectivity index (χ4v) is 12.0. The minimum absolute atomic E-state index is 0.00665. The molecular formula is C79H149NO5. The molecular weight excluding hydrogens is 1040 g/mol. The summed E-state index contributed by atoms with van der Waals surface area (Å²) < 4.78 is 5.47. The third kappa shape index (κ3) is 70.8. The van der Waals surface area contributed by atoms with E-state index in [2.05, 4.69) is 55.6 Å². The second-order valence-electron chi connectivity index (χ2n) is 26.3. The van der Waals surface area contributed by atoms with Crippen molar-refractivity contribution >= 4 is 11.9 Å². The molecule has 0 aliphatic heterocycles. The van der Waals surface area contributed by atoms with E-state index in [-0.39, 0.29) is 18.5 Å². The van der Waals surface area contributed by atoms with Gasteiger partial charge >= 0.3 is 5.97 Å². The van der Waals surface area contributed by atoms with Gasteiger partial charge in [-0.1, -0.05) is 364 Å². The number of aliphatic hydroxyl groups is 2. The van der Waals surface area contributed by atoms with Crippen LogP contribution in [0.25, 0.3) is 0 Å². The molecule has 2 atom stereocenters. The van der Waals surface area contributed by atoms with Crippen molar-refractivity contribution in [1.29, 1.82) is 0 Å². The predicted octanol–water partition coefficient (Wildman–Crippen LogP) is 25.2. The van der Waals surface area contributed by atoms with Crippen LogP contribution < -0.4 is 5.32 Å². The Morgan fingerprint density at radius 2 is 0.588 bits per heavy atom. The maximum atomic E-state index is 12.5. The Kier molecular flexibility index (Phi) is 72.4. The van der Waals surface area contributed by atoms with Crippen LogP contribution in [0.4, 0.5) is 0 Å². The predicted molar refractivity (Wildman–Crippen MR) is 375 cm³/mol. The van der Waals surface area contributed by atoms with Crippen LogP contribution >= 0.6 is 0 Å². The van der Waals surface area contributed by atoms with Gasteiger partial charge in [-0.05, 0) is 89.9 Å². The van der Waals surface area contributed by atoms with Crippen LogP contribution in [0.15, 0.2) is 48.6 Å². The first kappa shape index (κ1) is 82.8. The number of allylic oxidation sites excluding steroid dienone is 7. The molecule has 0 aliphatic rings. The van der Waals surface area contributed by atoms with Crippen LogP contribution in [0.5, 0.6) is 0 Å². The fourth-order valence-electron chi connectivity index (χ4n) is 12.0. The second kappa shape index (κ2) is 74.3. The number of hydrogen-bond donors (Lipinski definition) is 3. The van der Waals surface area contributed by atoms with Gasteiger partial charge in [0.2, 0.25) is 5.91 Å². The highest BCUT2D eigenvalue weighted by molar-refractivity contribution is 5.76. The molecule has 0 aromatic carbocycles. The van der Waals surface area contributed by atoms with Crippen molar-refractivity contribution in [2.75, 3.05) is 13.2 Å². The number of hydrogen-bond acceptors (Lipinski definition) is 5. The van der Waals surface area contributed by atoms with Gasteiger partial charge in [0.25, 0.3) is 0 Å². The van der Waals surface area contributed by atoms with E-state index < -0.39 is 12.1 Å². The van der Waals surface area contributed by atoms with Gasteiger partial charge in [-0.25, -0.2) is 0 Å². The molecule has 85 heavy (non-hydrogen) atoms. The number of carbonyl (C=O) groups excluding carboxylic acids is 2. The summed E-state index contributed by atoms with van der Waals surface area (Å²) in [5.74, 6) is -0.0551. The maximum Gasteiger partial charge on any atom is 0.305 e. The van der Waals surface area contributed by atoms with Gasteiger partial charge in [0, 0.05) is 12.8 Å². The lowest BCUT2D eigenvalue weighted by atomic mass is 10.0. The number of aliphatic hydroxyl groups excluding tert-OH is 2. The minimum atomic E-state index is -0.844. The van der Waals surface area contributed by atoms with Crippen molar-refractivity contribution in [2.45, 2.75) is 431 Å². The fraction of sp³-hybridized carbons (Fsp3) is 0.873. The van der Waals surface area contributed by atoms with E-state index in [0.29, 0.717) is 19.4 Å². The first-order chi connectivity index (χ1) is 42.0. The van der Waals surface area contributed by atoms with E-state index in [1.54, 1.807) is 6.08 Å². The molecule has 0 saturated heterocycles. The van der Waals surface area contributed by atoms with Crippen LogP contribution in [0.1, 0.15) is 418 Å². The lowest BCUT2D eigenvalue weighted by Crippen LogP contribution is -2.45. The Morgan fingerprint density at radius 1 is 0.329 bits per heavy atom. The molecule has 0 aliphatic carbocycles. The molecule has 6 heteroatoms. The van der Waals surface area contributed by atoms with Gasteiger partial charge in [-0.3, -0.25) is 9.59 Å². The van der Waals surface area contributed by atoms with Crippen LogP contribution in [0.3, 0.4) is 0 Å². The molecule has 6 nitrogen and oxygen atoms in total. The van der Waals surface area contributed by atoms with Crippen molar-refractivity contribution in [3.63, 3.8) is 0 Å². The average Bonchev–Trinajstić information content (AvgIpc) is 3.51. The highest BCUT2D eigenvalue weighted by Gasteiger charge is 2.18. The largest absolute Gasteiger partial charge is 0.466 e. The minimum Gasteiger partial charge on any atom is -0.466 e. The molecule has 0 radical (unpaired) electrons. The summed E-state index contributed by atoms with van der Waals surface area (Å²) in [6.45, 7) is 4.91. The first-order valence-corrected chi connectivity index (χ1v) is 38.4. The van der Waals surface area contributed by atoms with E-state index in [4.69, 9.17) is 4.74 Å². The first-order valence-electron chi connectivity index (χ1n) is 38.4. The van der Waals surface area contributed by atoms with Gasteiger partial charge < -0.3 is 20.3 Å². The molecule has 3 N–H and O–H groups in total. The monoisotopic (exact) mass is 1190 g/mol. The van der Waals surface area contributed by atoms with E-state index in [1.165, 1.54) is 340 Å². The molecule has 0 rings (SSSR count). The molecule has 0 fully saturated rings. The SMILES string of the molecule is CCCCC/C=C\CCCCCCCC(=O)OCCCCCCCCCCCCC/C=C\C/C=C\CCCCCCCCCCCCCCCCCCCC(=O)NC(CO)C(O)/C=C/CCCCCCCCCCCCCCCCCCCCC. The summed E-state index contributed by atoms with van der Waals surface area (Å²) in [6.07, 6.45) is 98.0. The Bertz CT molecular complexity index is 1420. The normalized spacial score (nSPS) is 12.8. The van der Waals surface area contributed by atoms with Crippen LogP contribution in [-0.2, 0) is 14.3 Å². The summed E-state index contributed by atoms with van der Waals surface area (Å²) in [5.41, 5.74) is 0. The summed E-state index contributed by atoms with van der Waals surface area (Å²) in [5, 5.41) is 23.3. The van der Waals surface area contributed by atoms with Crippen molar-refractivity contribution in [2.24, 2.45) is 0 Å². The summed E-state index contributed by atoms with van der Waals surface area (Å²) in [4.78, 5) is 24.6. The number of ether oxygens (including phenoxy) is 1. The Labute approximate surface area is 531 Å². The van der Waals surface area contributed by atoms with Crippen molar-refractivity contribution < 1.29 is 24.5 Å². The zero-order chi connectivity index (χ0) is 61.3. The summed E-state index contributed by atoms with van der Waals surface area (Å²) in [7, 11) is 0. The standard InChI is InChI=1S/C79H149NO5/c1-3-5-7-9-11-13-15-17-18-19-20-36-39-42-45-48-51-55-59-63-67-71-77(82)76(75-81)80-78(83)72-68-64-60-56-52-49-46-43-40-37-34-32-30-28-26-24-22-21-23-25-27-29-31-33-35-38-41-44-47-50-54-58-62-66-70-74-85-79(84)73-69-65-61-57-53-16-14-12-10-8-6-4-2/h12,14,23,25,29,31,67,71,76-77,81-82H,3-11,13,15-22,24,26-28,30,32-66,68-70,72-75H2,1-2H3,(H,80,83)/b14-12-,25-23-,31-29-,71-67+. The van der Waals surface area contributed by atoms with Crippen molar-refractivity contribution in [3.8, 4) is 0 Å². The van der Waals surface area contributed by atoms with E-state index in [0.717, 1.165) is 51.4 Å². The quantitative estimate of drug-likeness (QED) is 0.0320. The van der Waals surface area contributed by atoms with Gasteiger partial charge in [0.15, 0.2) is 0 Å². The van der Waals surface area contributed by atoms with Gasteiger partial charge in [-0.15, -0.1) is 0 Å². The lowest BCUT2D eigenvalue weighted by molar-refractivity contribution is -0.143. The molecule has 2 unspecified atom stereocenters. The number of esters is 1. The van der Waals surface area contributed by atoms with Crippen LogP contribution in [0, 0.1) is 0 Å². The molecule has 0 aromatic heterocycles. The molecule has 0 aromatic rings. The zero-order valence-electron chi connectivity index (χ0n) is 57.4. The van der Waals surface area contributed by atoms with E-state index >= 15 is 0 Å². The third-order valence-electron chi connectivity index (χ3n) is 17.8. The molecule has 0 heterocycles. The lowest BCUT2D eigenvalue weighted by Gasteiger charge is -2.20. The molecule has 500 valence electrons. The highest BCUT2D eigenvalue weighted by atomic mass is 16.5. The zero-order valence-corrected chi connectivity index (χ0v) is 57.4. The van der Waals surface area contributed by atoms with Gasteiger partial charge in [0.05, 0.1) is 25.4 Å².